The van der Waals surface area contributed by atoms with Crippen LogP contribution in [-0.4, -0.2) is 25.0 Å². The second kappa shape index (κ2) is 5.05. The van der Waals surface area contributed by atoms with Crippen LogP contribution in [0.25, 0.3) is 0 Å². The lowest BCUT2D eigenvalue weighted by Gasteiger charge is -2.21. The Balaban J connectivity index is 2.14. The van der Waals surface area contributed by atoms with E-state index in [0.29, 0.717) is 6.42 Å². The molecule has 0 amide bonds. The summed E-state index contributed by atoms with van der Waals surface area (Å²) >= 11 is 0. The number of nitrogens with two attached hydrogens (primary N) is 1. The molecule has 0 spiro atoms. The number of aryl methyl sites for hydroxylation is 1. The van der Waals surface area contributed by atoms with Crippen molar-refractivity contribution >= 4 is 9.84 Å². The zero-order valence-electron chi connectivity index (χ0n) is 11.1. The molecule has 0 radical (unpaired) electrons. The van der Waals surface area contributed by atoms with E-state index in [1.807, 2.05) is 0 Å². The van der Waals surface area contributed by atoms with Crippen molar-refractivity contribution in [2.24, 2.45) is 5.73 Å². The number of hydrogen-bond acceptors (Lipinski definition) is 3. The molecule has 0 saturated carbocycles. The van der Waals surface area contributed by atoms with E-state index in [1.165, 1.54) is 23.2 Å². The minimum absolute atomic E-state index is 0.156. The van der Waals surface area contributed by atoms with Crippen molar-refractivity contribution in [1.82, 2.24) is 4.57 Å². The normalized spacial score (nSPS) is 19.8. The third kappa shape index (κ3) is 2.95. The number of hydrogen-bond donors (Lipinski definition) is 1. The Kier molecular flexibility index (Phi) is 3.82. The molecular weight excluding hydrogens is 248 g/mol. The minimum Gasteiger partial charge on any atom is -0.349 e. The molecule has 102 valence electrons. The van der Waals surface area contributed by atoms with E-state index in [-0.39, 0.29) is 11.8 Å². The van der Waals surface area contributed by atoms with Gasteiger partial charge in [-0.2, -0.15) is 0 Å². The molecule has 1 aliphatic rings. The molecule has 1 heterocycles. The molecule has 18 heavy (non-hydrogen) atoms. The summed E-state index contributed by atoms with van der Waals surface area (Å²) in [7, 11) is -2.86. The maximum Gasteiger partial charge on any atom is 0.147 e. The van der Waals surface area contributed by atoms with Crippen molar-refractivity contribution in [3.8, 4) is 0 Å². The van der Waals surface area contributed by atoms with Gasteiger partial charge in [0.25, 0.3) is 0 Å². The third-order valence-corrected chi connectivity index (χ3v) is 4.70. The predicted octanol–water partition coefficient (Wildman–Crippen LogP) is 1.57. The zero-order chi connectivity index (χ0) is 13.3. The summed E-state index contributed by atoms with van der Waals surface area (Å²) in [4.78, 5) is 0. The van der Waals surface area contributed by atoms with Gasteiger partial charge in [0.2, 0.25) is 0 Å². The van der Waals surface area contributed by atoms with Crippen LogP contribution < -0.4 is 5.73 Å². The van der Waals surface area contributed by atoms with Gasteiger partial charge in [-0.15, -0.1) is 0 Å². The minimum atomic E-state index is -2.86. The van der Waals surface area contributed by atoms with Gasteiger partial charge in [-0.05, 0) is 44.2 Å². The van der Waals surface area contributed by atoms with Gasteiger partial charge in [0, 0.05) is 30.2 Å². The predicted molar refractivity (Wildman–Crippen MR) is 73.4 cm³/mol. The molecule has 0 aromatic carbocycles. The smallest absolute Gasteiger partial charge is 0.147 e. The first-order valence-electron chi connectivity index (χ1n) is 6.50. The Morgan fingerprint density at radius 3 is 2.89 bits per heavy atom. The number of rotatable bonds is 4. The molecule has 0 fully saturated rings. The van der Waals surface area contributed by atoms with E-state index in [4.69, 9.17) is 5.73 Å². The number of aromatic nitrogens is 1. The summed E-state index contributed by atoms with van der Waals surface area (Å²) in [5.41, 5.74) is 9.90. The van der Waals surface area contributed by atoms with Crippen molar-refractivity contribution in [3.05, 3.63) is 23.0 Å². The average Bonchev–Trinajstić information content (AvgIpc) is 2.56. The maximum atomic E-state index is 11.2. The van der Waals surface area contributed by atoms with Gasteiger partial charge in [-0.25, -0.2) is 8.42 Å². The van der Waals surface area contributed by atoms with Crippen LogP contribution in [0, 0.1) is 6.92 Å². The van der Waals surface area contributed by atoms with Crippen LogP contribution >= 0.6 is 0 Å². The molecule has 1 atom stereocenters. The molecule has 1 aromatic heterocycles. The van der Waals surface area contributed by atoms with Gasteiger partial charge in [0.15, 0.2) is 0 Å². The molecule has 0 saturated heterocycles. The zero-order valence-corrected chi connectivity index (χ0v) is 12.0. The first kappa shape index (κ1) is 13.6. The summed E-state index contributed by atoms with van der Waals surface area (Å²) in [5.74, 6) is 0.255. The van der Waals surface area contributed by atoms with Crippen molar-refractivity contribution in [2.45, 2.75) is 45.2 Å². The van der Waals surface area contributed by atoms with Gasteiger partial charge in [-0.1, -0.05) is 0 Å². The highest BCUT2D eigenvalue weighted by Crippen LogP contribution is 2.30. The first-order chi connectivity index (χ1) is 8.38. The van der Waals surface area contributed by atoms with Gasteiger partial charge in [0.1, 0.15) is 9.84 Å². The fraction of sp³-hybridized carbons (Fsp3) is 0.692. The third-order valence-electron chi connectivity index (χ3n) is 3.67. The molecule has 2 rings (SSSR count). The second-order valence-corrected chi connectivity index (χ2v) is 7.58. The topological polar surface area (TPSA) is 65.1 Å². The van der Waals surface area contributed by atoms with Crippen molar-refractivity contribution in [2.75, 3.05) is 12.0 Å². The molecule has 2 N–H and O–H groups in total. The largest absolute Gasteiger partial charge is 0.349 e. The maximum absolute atomic E-state index is 11.2. The Morgan fingerprint density at radius 1 is 1.50 bits per heavy atom. The molecule has 4 nitrogen and oxygen atoms in total. The van der Waals surface area contributed by atoms with Crippen LogP contribution in [0.15, 0.2) is 6.07 Å². The molecule has 1 aliphatic carbocycles. The van der Waals surface area contributed by atoms with E-state index in [0.717, 1.165) is 25.8 Å². The van der Waals surface area contributed by atoms with Crippen LogP contribution in [0.1, 0.15) is 42.3 Å². The molecule has 0 aliphatic heterocycles. The summed E-state index contributed by atoms with van der Waals surface area (Å²) in [6.45, 7) is 2.85. The summed E-state index contributed by atoms with van der Waals surface area (Å²) in [5, 5.41) is 0. The van der Waals surface area contributed by atoms with Crippen molar-refractivity contribution in [3.63, 3.8) is 0 Å². The first-order valence-corrected chi connectivity index (χ1v) is 8.57. The Labute approximate surface area is 109 Å². The summed E-state index contributed by atoms with van der Waals surface area (Å²) < 4.78 is 24.6. The summed E-state index contributed by atoms with van der Waals surface area (Å²) in [6, 6.07) is 2.32. The van der Waals surface area contributed by atoms with Gasteiger partial charge >= 0.3 is 0 Å². The highest BCUT2D eigenvalue weighted by molar-refractivity contribution is 7.90. The Morgan fingerprint density at radius 2 is 2.22 bits per heavy atom. The van der Waals surface area contributed by atoms with Gasteiger partial charge in [0.05, 0.1) is 5.75 Å². The van der Waals surface area contributed by atoms with Gasteiger partial charge in [-0.3, -0.25) is 0 Å². The van der Waals surface area contributed by atoms with Crippen molar-refractivity contribution in [1.29, 1.82) is 0 Å². The van der Waals surface area contributed by atoms with Crippen LogP contribution in [-0.2, 0) is 22.8 Å². The highest BCUT2D eigenvalue weighted by atomic mass is 32.2. The number of fused-ring (bicyclic) bond motifs is 1. The number of sulfone groups is 1. The van der Waals surface area contributed by atoms with Crippen LogP contribution in [0.5, 0.6) is 0 Å². The monoisotopic (exact) mass is 270 g/mol. The lowest BCUT2D eigenvalue weighted by atomic mass is 9.93. The second-order valence-electron chi connectivity index (χ2n) is 5.32. The van der Waals surface area contributed by atoms with E-state index >= 15 is 0 Å². The molecular formula is C13H22N2O2S. The van der Waals surface area contributed by atoms with E-state index in [2.05, 4.69) is 17.6 Å². The lowest BCUT2D eigenvalue weighted by molar-refractivity contribution is 0.532. The van der Waals surface area contributed by atoms with Crippen LogP contribution in [0.2, 0.25) is 0 Å². The Hall–Kier alpha value is -0.810. The van der Waals surface area contributed by atoms with Crippen molar-refractivity contribution < 1.29 is 8.42 Å². The molecule has 1 unspecified atom stereocenters. The lowest BCUT2D eigenvalue weighted by Crippen LogP contribution is -2.19. The molecule has 5 heteroatoms. The molecule has 1 aromatic rings. The number of nitrogens with zero attached hydrogens (tertiary/aromatic N) is 1. The quantitative estimate of drug-likeness (QED) is 0.903. The Bertz CT molecular complexity index is 531. The van der Waals surface area contributed by atoms with Gasteiger partial charge < -0.3 is 10.3 Å². The van der Waals surface area contributed by atoms with Crippen LogP contribution in [0.4, 0.5) is 0 Å². The average molecular weight is 270 g/mol. The fourth-order valence-electron chi connectivity index (χ4n) is 2.80. The van der Waals surface area contributed by atoms with E-state index < -0.39 is 9.84 Å². The summed E-state index contributed by atoms with van der Waals surface area (Å²) in [6.07, 6.45) is 5.22. The SMILES string of the molecule is Cc1cc2c(n1CCCS(C)(=O)=O)CCCC2N. The fourth-order valence-corrected chi connectivity index (χ4v) is 3.45. The highest BCUT2D eigenvalue weighted by Gasteiger charge is 2.21. The molecule has 0 bridgehead atoms. The van der Waals surface area contributed by atoms with E-state index in [9.17, 15) is 8.42 Å². The van der Waals surface area contributed by atoms with E-state index in [1.54, 1.807) is 0 Å². The van der Waals surface area contributed by atoms with Crippen LogP contribution in [0.3, 0.4) is 0 Å². The standard InChI is InChI=1S/C13H22N2O2S/c1-10-9-11-12(14)5-3-6-13(11)15(10)7-4-8-18(2,16)17/h9,12H,3-8,14H2,1-2H3.